The van der Waals surface area contributed by atoms with Gasteiger partial charge in [0.25, 0.3) is 10.1 Å². The van der Waals surface area contributed by atoms with E-state index in [-0.39, 0.29) is 16.6 Å². The van der Waals surface area contributed by atoms with Crippen LogP contribution in [0.25, 0.3) is 0 Å². The number of rotatable bonds is 7. The second kappa shape index (κ2) is 8.95. The fourth-order valence-electron chi connectivity index (χ4n) is 5.44. The molecule has 0 atom stereocenters. The Morgan fingerprint density at radius 2 is 1.63 bits per heavy atom. The number of anilines is 2. The third kappa shape index (κ3) is 4.93. The summed E-state index contributed by atoms with van der Waals surface area (Å²) in [6.07, 6.45) is 8.46. The van der Waals surface area contributed by atoms with Crippen LogP contribution in [0.1, 0.15) is 57.2 Å². The summed E-state index contributed by atoms with van der Waals surface area (Å²) in [6, 6.07) is 12.1. The molecule has 4 rings (SSSR count). The number of fused-ring (bicyclic) bond motifs is 2. The second-order valence-electron chi connectivity index (χ2n) is 10.7. The Kier molecular flexibility index (Phi) is 6.45. The van der Waals surface area contributed by atoms with Crippen molar-refractivity contribution >= 4 is 32.9 Å². The van der Waals surface area contributed by atoms with Gasteiger partial charge in [0.1, 0.15) is 6.54 Å². The molecule has 2 aromatic carbocycles. The van der Waals surface area contributed by atoms with Gasteiger partial charge in [-0.3, -0.25) is 4.55 Å². The van der Waals surface area contributed by atoms with Gasteiger partial charge in [0.05, 0.1) is 11.2 Å². The molecule has 0 saturated heterocycles. The third-order valence-electron chi connectivity index (χ3n) is 7.49. The zero-order valence-corrected chi connectivity index (χ0v) is 21.8. The molecule has 0 bridgehead atoms. The van der Waals surface area contributed by atoms with Crippen molar-refractivity contribution in [2.24, 2.45) is 0 Å². The van der Waals surface area contributed by atoms with Crippen LogP contribution in [-0.4, -0.2) is 35.6 Å². The molecule has 0 saturated carbocycles. The molecule has 2 aliphatic rings. The summed E-state index contributed by atoms with van der Waals surface area (Å²) < 4.78 is 33.6. The standard InChI is InChI=1S/C28H35N3O3S/c1-27(2)20(16-19-10-11-21(29)17-23(19)27)8-7-9-26-28(3,4)24-18-22(30)12-13-25(24)31(26)14-5-6-15-35(32,33)34/h7-13,17-18H,5-6,14-16,29-30H2,1-4H3/p+1/b9-7+,20-8-. The molecule has 0 aromatic heterocycles. The Hall–Kier alpha value is -2.90. The van der Waals surface area contributed by atoms with Gasteiger partial charge in [0.15, 0.2) is 5.71 Å². The van der Waals surface area contributed by atoms with Gasteiger partial charge in [0, 0.05) is 40.9 Å². The summed E-state index contributed by atoms with van der Waals surface area (Å²) in [5.74, 6) is -0.226. The Morgan fingerprint density at radius 1 is 0.971 bits per heavy atom. The number of allylic oxidation sites excluding steroid dienone is 4. The summed E-state index contributed by atoms with van der Waals surface area (Å²) in [4.78, 5) is 0. The Bertz CT molecular complexity index is 1370. The molecule has 0 fully saturated rings. The molecule has 0 amide bonds. The van der Waals surface area contributed by atoms with E-state index < -0.39 is 10.1 Å². The minimum atomic E-state index is -3.95. The van der Waals surface area contributed by atoms with Crippen LogP contribution < -0.4 is 11.5 Å². The smallest absolute Gasteiger partial charge is 0.264 e. The van der Waals surface area contributed by atoms with Gasteiger partial charge in [-0.15, -0.1) is 0 Å². The average molecular weight is 495 g/mol. The maximum atomic E-state index is 11.1. The van der Waals surface area contributed by atoms with Crippen LogP contribution in [0.5, 0.6) is 0 Å². The van der Waals surface area contributed by atoms with E-state index in [1.807, 2.05) is 24.3 Å². The molecule has 1 aliphatic heterocycles. The minimum Gasteiger partial charge on any atom is -0.399 e. The molecular weight excluding hydrogens is 458 g/mol. The lowest BCUT2D eigenvalue weighted by Crippen LogP contribution is -2.28. The first-order chi connectivity index (χ1) is 16.3. The van der Waals surface area contributed by atoms with E-state index in [4.69, 9.17) is 16.0 Å². The molecule has 5 N–H and O–H groups in total. The first-order valence-corrected chi connectivity index (χ1v) is 13.7. The topological polar surface area (TPSA) is 109 Å². The van der Waals surface area contributed by atoms with Crippen molar-refractivity contribution < 1.29 is 17.5 Å². The number of nitrogens with two attached hydrogens (primary N) is 2. The second-order valence-corrected chi connectivity index (χ2v) is 12.3. The van der Waals surface area contributed by atoms with Crippen LogP contribution in [0, 0.1) is 0 Å². The van der Waals surface area contributed by atoms with Gasteiger partial charge >= 0.3 is 0 Å². The molecule has 35 heavy (non-hydrogen) atoms. The monoisotopic (exact) mass is 494 g/mol. The molecule has 0 unspecified atom stereocenters. The van der Waals surface area contributed by atoms with Crippen LogP contribution in [0.2, 0.25) is 0 Å². The lowest BCUT2D eigenvalue weighted by molar-refractivity contribution is -0.438. The van der Waals surface area contributed by atoms with Crippen molar-refractivity contribution in [3.63, 3.8) is 0 Å². The third-order valence-corrected chi connectivity index (χ3v) is 8.30. The van der Waals surface area contributed by atoms with Crippen LogP contribution in [0.15, 0.2) is 60.2 Å². The zero-order chi connectivity index (χ0) is 25.6. The normalized spacial score (nSPS) is 19.5. The number of nitrogens with zero attached hydrogens (tertiary/aromatic N) is 1. The van der Waals surface area contributed by atoms with Gasteiger partial charge in [-0.1, -0.05) is 37.6 Å². The van der Waals surface area contributed by atoms with E-state index in [1.54, 1.807) is 0 Å². The molecule has 0 radical (unpaired) electrons. The van der Waals surface area contributed by atoms with E-state index in [2.05, 4.69) is 62.6 Å². The first-order valence-electron chi connectivity index (χ1n) is 12.1. The summed E-state index contributed by atoms with van der Waals surface area (Å²) in [5.41, 5.74) is 20.7. The van der Waals surface area contributed by atoms with Crippen molar-refractivity contribution in [3.05, 3.63) is 76.9 Å². The van der Waals surface area contributed by atoms with Crippen molar-refractivity contribution in [2.45, 2.75) is 57.8 Å². The van der Waals surface area contributed by atoms with E-state index in [9.17, 15) is 8.42 Å². The predicted molar refractivity (Wildman–Crippen MR) is 144 cm³/mol. The summed E-state index contributed by atoms with van der Waals surface area (Å²) >= 11 is 0. The highest BCUT2D eigenvalue weighted by Gasteiger charge is 2.44. The fraction of sp³-hybridized carbons (Fsp3) is 0.393. The van der Waals surface area contributed by atoms with E-state index in [0.29, 0.717) is 19.4 Å². The lowest BCUT2D eigenvalue weighted by Gasteiger charge is -2.22. The molecule has 0 spiro atoms. The molecule has 186 valence electrons. The lowest BCUT2D eigenvalue weighted by atomic mass is 9.80. The SMILES string of the molecule is CC1(C)C(/C=C/C=C2/Cc3ccc(N)cc3C2(C)C)=[N+](CCCCS(=O)(=O)O)c2ccc(N)cc21. The molecule has 1 heterocycles. The maximum absolute atomic E-state index is 11.1. The minimum absolute atomic E-state index is 0.0855. The largest absolute Gasteiger partial charge is 0.399 e. The molecule has 1 aliphatic carbocycles. The Morgan fingerprint density at radius 3 is 2.31 bits per heavy atom. The van der Waals surface area contributed by atoms with Crippen molar-refractivity contribution in [2.75, 3.05) is 23.8 Å². The fourth-order valence-corrected chi connectivity index (χ4v) is 6.01. The highest BCUT2D eigenvalue weighted by molar-refractivity contribution is 7.85. The highest BCUT2D eigenvalue weighted by atomic mass is 32.2. The van der Waals surface area contributed by atoms with Crippen molar-refractivity contribution in [1.82, 2.24) is 0 Å². The Labute approximate surface area is 208 Å². The number of nitrogen functional groups attached to an aromatic ring is 2. The highest BCUT2D eigenvalue weighted by Crippen LogP contribution is 2.44. The van der Waals surface area contributed by atoms with Gasteiger partial charge in [0.2, 0.25) is 5.69 Å². The van der Waals surface area contributed by atoms with E-state index >= 15 is 0 Å². The summed E-state index contributed by atoms with van der Waals surface area (Å²) in [6.45, 7) is 9.51. The maximum Gasteiger partial charge on any atom is 0.264 e. The number of unbranched alkanes of at least 4 members (excludes halogenated alkanes) is 1. The van der Waals surface area contributed by atoms with Gasteiger partial charge in [-0.25, -0.2) is 0 Å². The van der Waals surface area contributed by atoms with Gasteiger partial charge in [-0.05, 0) is 62.1 Å². The van der Waals surface area contributed by atoms with Crippen LogP contribution in [0.4, 0.5) is 17.1 Å². The molecule has 6 nitrogen and oxygen atoms in total. The number of hydrogen-bond donors (Lipinski definition) is 3. The number of hydrogen-bond acceptors (Lipinski definition) is 4. The predicted octanol–water partition coefficient (Wildman–Crippen LogP) is 4.91. The summed E-state index contributed by atoms with van der Waals surface area (Å²) in [7, 11) is -3.95. The van der Waals surface area contributed by atoms with E-state index in [0.717, 1.165) is 34.8 Å². The molecular formula is C28H36N3O3S+. The quantitative estimate of drug-likeness (QED) is 0.219. The zero-order valence-electron chi connectivity index (χ0n) is 21.0. The van der Waals surface area contributed by atoms with Crippen molar-refractivity contribution in [1.29, 1.82) is 0 Å². The summed E-state index contributed by atoms with van der Waals surface area (Å²) in [5, 5.41) is 0. The Balaban J connectivity index is 1.66. The van der Waals surface area contributed by atoms with Gasteiger partial charge in [-0.2, -0.15) is 13.0 Å². The van der Waals surface area contributed by atoms with Crippen LogP contribution in [0.3, 0.4) is 0 Å². The molecule has 2 aromatic rings. The number of benzene rings is 2. The van der Waals surface area contributed by atoms with Crippen LogP contribution >= 0.6 is 0 Å². The average Bonchev–Trinajstić information content (AvgIpc) is 3.12. The molecule has 7 heteroatoms. The van der Waals surface area contributed by atoms with Crippen LogP contribution in [-0.2, 0) is 27.4 Å². The van der Waals surface area contributed by atoms with Crippen molar-refractivity contribution in [3.8, 4) is 0 Å². The van der Waals surface area contributed by atoms with E-state index in [1.165, 1.54) is 16.7 Å². The first kappa shape index (κ1) is 25.2. The van der Waals surface area contributed by atoms with Gasteiger partial charge < -0.3 is 11.5 Å².